The van der Waals surface area contributed by atoms with E-state index >= 15 is 0 Å². The monoisotopic (exact) mass is 306 g/mol. The Labute approximate surface area is 115 Å². The number of sulfone groups is 1. The van der Waals surface area contributed by atoms with Crippen LogP contribution in [0, 0.1) is 5.82 Å². The summed E-state index contributed by atoms with van der Waals surface area (Å²) in [6, 6.07) is 1.79. The smallest absolute Gasteiger partial charge is 0.338 e. The second kappa shape index (κ2) is 5.71. The Morgan fingerprint density at radius 2 is 2.00 bits per heavy atom. The zero-order chi connectivity index (χ0) is 14.8. The van der Waals surface area contributed by atoms with Crippen molar-refractivity contribution in [1.82, 2.24) is 0 Å². The molecule has 0 aromatic heterocycles. The molecule has 0 saturated heterocycles. The maximum Gasteiger partial charge on any atom is 0.338 e. The summed E-state index contributed by atoms with van der Waals surface area (Å²) in [5.74, 6) is -3.27. The molecule has 0 atom stereocenters. The third-order valence-electron chi connectivity index (χ3n) is 2.28. The molecule has 1 aromatic rings. The number of allylic oxidation sites excluding steroid dienone is 1. The van der Waals surface area contributed by atoms with Crippen molar-refractivity contribution in [3.63, 3.8) is 0 Å². The van der Waals surface area contributed by atoms with Gasteiger partial charge in [0.25, 0.3) is 0 Å². The molecule has 0 bridgehead atoms. The fourth-order valence-electron chi connectivity index (χ4n) is 1.31. The first-order valence-corrected chi connectivity index (χ1v) is 7.26. The van der Waals surface area contributed by atoms with Crippen LogP contribution in [-0.2, 0) is 9.84 Å². The van der Waals surface area contributed by atoms with E-state index in [2.05, 4.69) is 0 Å². The summed E-state index contributed by atoms with van der Waals surface area (Å²) in [6.07, 6.45) is 1.41. The molecule has 1 aromatic carbocycles. The van der Waals surface area contributed by atoms with Crippen LogP contribution < -0.4 is 0 Å². The molecule has 0 aliphatic heterocycles. The van der Waals surface area contributed by atoms with Gasteiger partial charge in [0, 0.05) is 5.02 Å². The summed E-state index contributed by atoms with van der Waals surface area (Å²) in [7, 11) is -3.96. The normalized spacial score (nSPS) is 11.2. The molecular formula is C12H12ClFO4S. The van der Waals surface area contributed by atoms with Crippen LogP contribution in [0.2, 0.25) is 5.02 Å². The SMILES string of the molecule is CC(C)=CCS(=O)(=O)c1cc(Cl)cc(C(=O)O)c1F. The lowest BCUT2D eigenvalue weighted by Crippen LogP contribution is -2.11. The van der Waals surface area contributed by atoms with Crippen LogP contribution in [0.15, 0.2) is 28.7 Å². The van der Waals surface area contributed by atoms with Gasteiger partial charge in [-0.2, -0.15) is 0 Å². The summed E-state index contributed by atoms with van der Waals surface area (Å²) in [6.45, 7) is 3.40. The Morgan fingerprint density at radius 1 is 1.42 bits per heavy atom. The molecule has 0 aliphatic carbocycles. The highest BCUT2D eigenvalue weighted by molar-refractivity contribution is 7.91. The second-order valence-corrected chi connectivity index (χ2v) is 6.57. The van der Waals surface area contributed by atoms with E-state index in [4.69, 9.17) is 16.7 Å². The van der Waals surface area contributed by atoms with Gasteiger partial charge in [0.1, 0.15) is 4.90 Å². The molecule has 0 amide bonds. The van der Waals surface area contributed by atoms with Crippen molar-refractivity contribution in [2.75, 3.05) is 5.75 Å². The minimum atomic E-state index is -3.96. The first-order valence-electron chi connectivity index (χ1n) is 5.23. The predicted molar refractivity (Wildman–Crippen MR) is 69.9 cm³/mol. The Kier molecular flexibility index (Phi) is 4.70. The molecule has 0 spiro atoms. The van der Waals surface area contributed by atoms with Crippen LogP contribution in [0.25, 0.3) is 0 Å². The third-order valence-corrected chi connectivity index (χ3v) is 4.07. The first kappa shape index (κ1) is 15.7. The van der Waals surface area contributed by atoms with Crippen LogP contribution in [0.5, 0.6) is 0 Å². The molecule has 104 valence electrons. The van der Waals surface area contributed by atoms with Crippen molar-refractivity contribution in [2.24, 2.45) is 0 Å². The summed E-state index contributed by atoms with van der Waals surface area (Å²) >= 11 is 5.62. The largest absolute Gasteiger partial charge is 0.478 e. The van der Waals surface area contributed by atoms with Crippen molar-refractivity contribution in [3.8, 4) is 0 Å². The molecule has 7 heteroatoms. The van der Waals surface area contributed by atoms with Gasteiger partial charge in [-0.15, -0.1) is 0 Å². The number of carbonyl (C=O) groups is 1. The van der Waals surface area contributed by atoms with Gasteiger partial charge in [-0.25, -0.2) is 17.6 Å². The van der Waals surface area contributed by atoms with E-state index in [1.165, 1.54) is 6.08 Å². The number of halogens is 2. The van der Waals surface area contributed by atoms with Crippen LogP contribution in [0.3, 0.4) is 0 Å². The Hall–Kier alpha value is -1.40. The average molecular weight is 307 g/mol. The standard InChI is InChI=1S/C12H12ClFO4S/c1-7(2)3-4-19(17,18)10-6-8(13)5-9(11(10)14)12(15)16/h3,5-6H,4H2,1-2H3,(H,15,16). The molecule has 0 saturated carbocycles. The molecule has 0 aliphatic rings. The van der Waals surface area contributed by atoms with E-state index < -0.39 is 37.8 Å². The summed E-state index contributed by atoms with van der Waals surface area (Å²) < 4.78 is 37.8. The number of aromatic carboxylic acids is 1. The summed E-state index contributed by atoms with van der Waals surface area (Å²) in [5.41, 5.74) is -0.00672. The maximum atomic E-state index is 13.9. The lowest BCUT2D eigenvalue weighted by molar-refractivity contribution is 0.0691. The maximum absolute atomic E-state index is 13.9. The lowest BCUT2D eigenvalue weighted by Gasteiger charge is -2.07. The number of carboxylic acids is 1. The summed E-state index contributed by atoms with van der Waals surface area (Å²) in [5, 5.41) is 8.65. The highest BCUT2D eigenvalue weighted by atomic mass is 35.5. The number of hydrogen-bond acceptors (Lipinski definition) is 3. The van der Waals surface area contributed by atoms with Gasteiger partial charge in [-0.3, -0.25) is 0 Å². The first-order chi connectivity index (χ1) is 8.65. The number of benzene rings is 1. The number of hydrogen-bond donors (Lipinski definition) is 1. The van der Waals surface area contributed by atoms with Gasteiger partial charge in [-0.05, 0) is 26.0 Å². The Balaban J connectivity index is 3.43. The minimum absolute atomic E-state index is 0.144. The highest BCUT2D eigenvalue weighted by Crippen LogP contribution is 2.25. The van der Waals surface area contributed by atoms with E-state index in [-0.39, 0.29) is 5.02 Å². The van der Waals surface area contributed by atoms with Gasteiger partial charge in [0.2, 0.25) is 0 Å². The van der Waals surface area contributed by atoms with Crippen molar-refractivity contribution in [1.29, 1.82) is 0 Å². The molecule has 1 rings (SSSR count). The van der Waals surface area contributed by atoms with Crippen LogP contribution in [0.1, 0.15) is 24.2 Å². The second-order valence-electron chi connectivity index (χ2n) is 4.13. The molecule has 0 heterocycles. The van der Waals surface area contributed by atoms with E-state index in [1.807, 2.05) is 0 Å². The van der Waals surface area contributed by atoms with Crippen molar-refractivity contribution in [3.05, 3.63) is 40.2 Å². The minimum Gasteiger partial charge on any atom is -0.478 e. The highest BCUT2D eigenvalue weighted by Gasteiger charge is 2.24. The van der Waals surface area contributed by atoms with E-state index in [1.54, 1.807) is 13.8 Å². The summed E-state index contributed by atoms with van der Waals surface area (Å²) in [4.78, 5) is 10.1. The fraction of sp³-hybridized carbons (Fsp3) is 0.250. The zero-order valence-corrected chi connectivity index (χ0v) is 11.8. The van der Waals surface area contributed by atoms with Gasteiger partial charge in [-0.1, -0.05) is 23.3 Å². The van der Waals surface area contributed by atoms with Crippen LogP contribution in [-0.4, -0.2) is 25.2 Å². The van der Waals surface area contributed by atoms with Gasteiger partial charge < -0.3 is 5.11 Å². The van der Waals surface area contributed by atoms with Gasteiger partial charge >= 0.3 is 5.97 Å². The zero-order valence-electron chi connectivity index (χ0n) is 10.3. The van der Waals surface area contributed by atoms with E-state index in [0.29, 0.717) is 0 Å². The van der Waals surface area contributed by atoms with Crippen molar-refractivity contribution < 1.29 is 22.7 Å². The van der Waals surface area contributed by atoms with Gasteiger partial charge in [0.05, 0.1) is 11.3 Å². The van der Waals surface area contributed by atoms with Crippen molar-refractivity contribution >= 4 is 27.4 Å². The molecule has 0 unspecified atom stereocenters. The fourth-order valence-corrected chi connectivity index (χ4v) is 3.02. The Bertz CT molecular complexity index is 646. The van der Waals surface area contributed by atoms with E-state index in [9.17, 15) is 17.6 Å². The molecule has 4 nitrogen and oxygen atoms in total. The molecule has 0 radical (unpaired) electrons. The third kappa shape index (κ3) is 3.78. The number of carboxylic acid groups (broad SMARTS) is 1. The van der Waals surface area contributed by atoms with Crippen LogP contribution in [0.4, 0.5) is 4.39 Å². The Morgan fingerprint density at radius 3 is 2.47 bits per heavy atom. The van der Waals surface area contributed by atoms with Crippen molar-refractivity contribution in [2.45, 2.75) is 18.7 Å². The van der Waals surface area contributed by atoms with E-state index in [0.717, 1.165) is 17.7 Å². The van der Waals surface area contributed by atoms with Gasteiger partial charge in [0.15, 0.2) is 15.7 Å². The lowest BCUT2D eigenvalue weighted by atomic mass is 10.2. The average Bonchev–Trinajstić information content (AvgIpc) is 2.28. The molecule has 1 N–H and O–H groups in total. The molecular weight excluding hydrogens is 295 g/mol. The topological polar surface area (TPSA) is 71.4 Å². The van der Waals surface area contributed by atoms with Crippen LogP contribution >= 0.6 is 11.6 Å². The number of rotatable bonds is 4. The predicted octanol–water partition coefficient (Wildman–Crippen LogP) is 2.92. The quantitative estimate of drug-likeness (QED) is 0.868. The molecule has 19 heavy (non-hydrogen) atoms. The molecule has 0 fully saturated rings.